The average molecular weight is 435 g/mol. The third-order valence-corrected chi connectivity index (χ3v) is 6.15. The summed E-state index contributed by atoms with van der Waals surface area (Å²) in [6.45, 7) is -0.0635. The van der Waals surface area contributed by atoms with Crippen LogP contribution >= 0.6 is 0 Å². The van der Waals surface area contributed by atoms with Crippen LogP contribution in [0, 0.1) is 17.1 Å². The number of halogens is 1. The van der Waals surface area contributed by atoms with E-state index in [-0.39, 0.29) is 28.3 Å². The molecule has 9 heteroatoms. The van der Waals surface area contributed by atoms with Crippen LogP contribution in [0.25, 0.3) is 0 Å². The topological polar surface area (TPSA) is 107 Å². The number of nitrogens with one attached hydrogen (secondary N) is 1. The van der Waals surface area contributed by atoms with E-state index in [4.69, 9.17) is 5.26 Å². The molecule has 0 atom stereocenters. The molecule has 3 aromatic rings. The van der Waals surface area contributed by atoms with Crippen molar-refractivity contribution in [3.05, 3.63) is 94.8 Å². The van der Waals surface area contributed by atoms with Gasteiger partial charge in [-0.1, -0.05) is 18.2 Å². The second-order valence-corrected chi connectivity index (χ2v) is 8.48. The summed E-state index contributed by atoms with van der Waals surface area (Å²) in [5, 5.41) is 9.04. The Morgan fingerprint density at radius 3 is 2.39 bits per heavy atom. The Hall–Kier alpha value is -4.03. The molecule has 1 aliphatic heterocycles. The van der Waals surface area contributed by atoms with Gasteiger partial charge in [0.15, 0.2) is 0 Å². The highest BCUT2D eigenvalue weighted by Gasteiger charge is 2.38. The van der Waals surface area contributed by atoms with Crippen LogP contribution in [0.4, 0.5) is 10.1 Å². The molecule has 31 heavy (non-hydrogen) atoms. The van der Waals surface area contributed by atoms with Gasteiger partial charge in [-0.2, -0.15) is 5.26 Å². The van der Waals surface area contributed by atoms with E-state index in [1.165, 1.54) is 18.2 Å². The molecule has 0 radical (unpaired) electrons. The number of imide groups is 1. The number of nitriles is 1. The smallest absolute Gasteiger partial charge is 0.264 e. The van der Waals surface area contributed by atoms with Crippen LogP contribution in [0.5, 0.6) is 0 Å². The first-order valence-electron chi connectivity index (χ1n) is 9.07. The summed E-state index contributed by atoms with van der Waals surface area (Å²) in [6, 6.07) is 17.0. The first-order chi connectivity index (χ1) is 14.8. The number of carbonyl (C=O) groups excluding carboxylic acids is 2. The van der Waals surface area contributed by atoms with Crippen LogP contribution in [-0.2, 0) is 16.6 Å². The summed E-state index contributed by atoms with van der Waals surface area (Å²) in [5.74, 6) is -1.80. The number of nitrogens with zero attached hydrogens (tertiary/aromatic N) is 2. The van der Waals surface area contributed by atoms with Crippen LogP contribution < -0.4 is 4.72 Å². The normalized spacial score (nSPS) is 13.1. The van der Waals surface area contributed by atoms with Crippen LogP contribution in [0.1, 0.15) is 31.8 Å². The number of sulfonamides is 1. The Labute approximate surface area is 177 Å². The van der Waals surface area contributed by atoms with Gasteiger partial charge < -0.3 is 0 Å². The zero-order valence-corrected chi connectivity index (χ0v) is 16.7. The van der Waals surface area contributed by atoms with E-state index < -0.39 is 27.7 Å². The van der Waals surface area contributed by atoms with Gasteiger partial charge in [0.2, 0.25) is 0 Å². The molecule has 0 bridgehead atoms. The van der Waals surface area contributed by atoms with E-state index >= 15 is 0 Å². The highest BCUT2D eigenvalue weighted by Crippen LogP contribution is 2.32. The van der Waals surface area contributed by atoms with E-state index in [2.05, 4.69) is 4.72 Å². The fourth-order valence-corrected chi connectivity index (χ4v) is 4.37. The van der Waals surface area contributed by atoms with Gasteiger partial charge in [-0.3, -0.25) is 19.2 Å². The van der Waals surface area contributed by atoms with Gasteiger partial charge in [-0.25, -0.2) is 12.8 Å². The molecule has 3 aromatic carbocycles. The number of hydrogen-bond acceptors (Lipinski definition) is 5. The third kappa shape index (κ3) is 3.76. The van der Waals surface area contributed by atoms with Gasteiger partial charge >= 0.3 is 0 Å². The molecule has 0 unspecified atom stereocenters. The van der Waals surface area contributed by atoms with Gasteiger partial charge in [0.25, 0.3) is 21.8 Å². The largest absolute Gasteiger partial charge is 0.279 e. The molecule has 0 aliphatic carbocycles. The van der Waals surface area contributed by atoms with E-state index in [9.17, 15) is 22.4 Å². The summed E-state index contributed by atoms with van der Waals surface area (Å²) in [4.78, 5) is 26.6. The Bertz CT molecular complexity index is 1360. The van der Waals surface area contributed by atoms with E-state index in [1.54, 1.807) is 24.3 Å². The van der Waals surface area contributed by atoms with E-state index in [0.29, 0.717) is 11.1 Å². The molecule has 0 saturated heterocycles. The minimum absolute atomic E-state index is 0.0477. The third-order valence-electron chi connectivity index (χ3n) is 4.76. The van der Waals surface area contributed by atoms with Gasteiger partial charge in [0.1, 0.15) is 5.82 Å². The van der Waals surface area contributed by atoms with Crippen molar-refractivity contribution in [3.63, 3.8) is 0 Å². The van der Waals surface area contributed by atoms with Gasteiger partial charge in [-0.15, -0.1) is 0 Å². The molecule has 1 N–H and O–H groups in total. The molecule has 7 nitrogen and oxygen atoms in total. The quantitative estimate of drug-likeness (QED) is 0.619. The summed E-state index contributed by atoms with van der Waals surface area (Å²) in [6.07, 6.45) is 0. The maximum Gasteiger partial charge on any atom is 0.264 e. The molecule has 0 spiro atoms. The number of fused-ring (bicyclic) bond motifs is 1. The van der Waals surface area contributed by atoms with Crippen molar-refractivity contribution in [1.29, 1.82) is 5.26 Å². The van der Waals surface area contributed by atoms with Crippen molar-refractivity contribution >= 4 is 27.5 Å². The van der Waals surface area contributed by atoms with Gasteiger partial charge in [0.05, 0.1) is 39.9 Å². The number of hydrogen-bond donors (Lipinski definition) is 1. The molecule has 0 aromatic heterocycles. The summed E-state index contributed by atoms with van der Waals surface area (Å²) in [7, 11) is -4.11. The first-order valence-corrected chi connectivity index (χ1v) is 10.5. The van der Waals surface area contributed by atoms with E-state index in [1.807, 2.05) is 6.07 Å². The molecule has 0 fully saturated rings. The lowest BCUT2D eigenvalue weighted by Crippen LogP contribution is -2.29. The lowest BCUT2D eigenvalue weighted by molar-refractivity contribution is 0.0642. The Morgan fingerprint density at radius 1 is 0.968 bits per heavy atom. The summed E-state index contributed by atoms with van der Waals surface area (Å²) < 4.78 is 40.8. The molecular weight excluding hydrogens is 421 g/mol. The van der Waals surface area contributed by atoms with Gasteiger partial charge in [0, 0.05) is 0 Å². The molecule has 4 rings (SSSR count). The summed E-state index contributed by atoms with van der Waals surface area (Å²) >= 11 is 0. The fourth-order valence-electron chi connectivity index (χ4n) is 3.30. The standard InChI is InChI=1S/C22H14FN3O4S/c23-16-7-9-17(10-8-16)31(29,30)25-19-6-2-5-18-20(19)22(28)26(21(18)27)13-15-4-1-3-14(11-15)12-24/h1-11,25H,13H2. The summed E-state index contributed by atoms with van der Waals surface area (Å²) in [5.41, 5.74) is 0.938. The van der Waals surface area contributed by atoms with Crippen molar-refractivity contribution in [2.45, 2.75) is 11.4 Å². The fraction of sp³-hybridized carbons (Fsp3) is 0.0455. The molecule has 154 valence electrons. The van der Waals surface area contributed by atoms with Crippen molar-refractivity contribution in [1.82, 2.24) is 4.90 Å². The molecule has 2 amide bonds. The maximum absolute atomic E-state index is 13.1. The van der Waals surface area contributed by atoms with Crippen molar-refractivity contribution in [2.75, 3.05) is 4.72 Å². The minimum atomic E-state index is -4.11. The molecular formula is C22H14FN3O4S. The highest BCUT2D eigenvalue weighted by molar-refractivity contribution is 7.92. The second kappa shape index (κ2) is 7.66. The predicted molar refractivity (Wildman–Crippen MR) is 109 cm³/mol. The number of benzene rings is 3. The zero-order chi connectivity index (χ0) is 22.2. The second-order valence-electron chi connectivity index (χ2n) is 6.80. The number of anilines is 1. The lowest BCUT2D eigenvalue weighted by atomic mass is 10.1. The zero-order valence-electron chi connectivity index (χ0n) is 15.9. The van der Waals surface area contributed by atoms with Crippen molar-refractivity contribution < 1.29 is 22.4 Å². The highest BCUT2D eigenvalue weighted by atomic mass is 32.2. The number of amides is 2. The molecule has 1 heterocycles. The van der Waals surface area contributed by atoms with Crippen LogP contribution in [-0.4, -0.2) is 25.1 Å². The monoisotopic (exact) mass is 435 g/mol. The predicted octanol–water partition coefficient (Wildman–Crippen LogP) is 3.29. The molecule has 1 aliphatic rings. The average Bonchev–Trinajstić information content (AvgIpc) is 2.99. The Kier molecular flexibility index (Phi) is 5.01. The maximum atomic E-state index is 13.1. The van der Waals surface area contributed by atoms with Gasteiger partial charge in [-0.05, 0) is 54.1 Å². The van der Waals surface area contributed by atoms with Crippen LogP contribution in [0.15, 0.2) is 71.6 Å². The first kappa shape index (κ1) is 20.3. The Balaban J connectivity index is 1.66. The number of rotatable bonds is 5. The number of carbonyl (C=O) groups is 2. The lowest BCUT2D eigenvalue weighted by Gasteiger charge is -2.14. The molecule has 0 saturated carbocycles. The van der Waals surface area contributed by atoms with Crippen molar-refractivity contribution in [2.24, 2.45) is 0 Å². The minimum Gasteiger partial charge on any atom is -0.279 e. The van der Waals surface area contributed by atoms with Crippen LogP contribution in [0.2, 0.25) is 0 Å². The Morgan fingerprint density at radius 2 is 1.68 bits per heavy atom. The van der Waals surface area contributed by atoms with Crippen LogP contribution in [0.3, 0.4) is 0 Å². The van der Waals surface area contributed by atoms with Crippen molar-refractivity contribution in [3.8, 4) is 6.07 Å². The van der Waals surface area contributed by atoms with E-state index in [0.717, 1.165) is 29.2 Å². The SMILES string of the molecule is N#Cc1cccc(CN2C(=O)c3cccc(NS(=O)(=O)c4ccc(F)cc4)c3C2=O)c1.